The Morgan fingerprint density at radius 3 is 2.58 bits per heavy atom. The van der Waals surface area contributed by atoms with E-state index in [0.717, 1.165) is 18.5 Å². The van der Waals surface area contributed by atoms with Gasteiger partial charge in [-0.25, -0.2) is 8.42 Å². The number of benzene rings is 2. The maximum Gasteiger partial charge on any atom is 0.243 e. The first kappa shape index (κ1) is 20.8. The quantitative estimate of drug-likeness (QED) is 0.586. The smallest absolute Gasteiger partial charge is 0.243 e. The Morgan fingerprint density at radius 1 is 0.968 bits per heavy atom. The number of ether oxygens (including phenoxy) is 1. The van der Waals surface area contributed by atoms with Crippen LogP contribution in [0.1, 0.15) is 27.6 Å². The highest BCUT2D eigenvalue weighted by Gasteiger charge is 2.30. The van der Waals surface area contributed by atoms with Crippen molar-refractivity contribution < 1.29 is 13.2 Å². The van der Waals surface area contributed by atoms with E-state index in [0.29, 0.717) is 37.7 Å². The fourth-order valence-corrected chi connectivity index (χ4v) is 6.92. The lowest BCUT2D eigenvalue weighted by Crippen LogP contribution is -2.40. The molecule has 0 N–H and O–H groups in total. The minimum absolute atomic E-state index is 0.190. The van der Waals surface area contributed by atoms with Gasteiger partial charge in [-0.2, -0.15) is 4.31 Å². The maximum atomic E-state index is 13.1. The van der Waals surface area contributed by atoms with Gasteiger partial charge in [0.05, 0.1) is 24.2 Å². The molecule has 1 fully saturated rings. The Labute approximate surface area is 187 Å². The normalized spacial score (nSPS) is 20.5. The summed E-state index contributed by atoms with van der Waals surface area (Å²) in [5.74, 6) is 0. The van der Waals surface area contributed by atoms with Crippen molar-refractivity contribution in [2.24, 2.45) is 0 Å². The van der Waals surface area contributed by atoms with Crippen molar-refractivity contribution in [3.63, 3.8) is 0 Å². The van der Waals surface area contributed by atoms with Crippen LogP contribution >= 0.6 is 11.3 Å². The van der Waals surface area contributed by atoms with Crippen molar-refractivity contribution in [3.05, 3.63) is 87.6 Å². The van der Waals surface area contributed by atoms with Gasteiger partial charge >= 0.3 is 0 Å². The predicted octanol–water partition coefficient (Wildman–Crippen LogP) is 3.92. The molecular weight excluding hydrogens is 428 g/mol. The summed E-state index contributed by atoms with van der Waals surface area (Å²) in [6.45, 7) is 3.39. The van der Waals surface area contributed by atoms with Gasteiger partial charge in [0.1, 0.15) is 0 Å². The van der Waals surface area contributed by atoms with Crippen molar-refractivity contribution in [1.29, 1.82) is 0 Å². The number of sulfonamides is 1. The van der Waals surface area contributed by atoms with Crippen LogP contribution < -0.4 is 0 Å². The molecule has 5 rings (SSSR count). The minimum atomic E-state index is -3.49. The predicted molar refractivity (Wildman–Crippen MR) is 123 cm³/mol. The van der Waals surface area contributed by atoms with Gasteiger partial charge in [-0.1, -0.05) is 42.5 Å². The molecule has 2 aliphatic rings. The molecule has 0 radical (unpaired) electrons. The van der Waals surface area contributed by atoms with Crippen molar-refractivity contribution in [2.45, 2.75) is 23.9 Å². The van der Waals surface area contributed by atoms with Crippen LogP contribution in [0.2, 0.25) is 0 Å². The third-order valence-corrected chi connectivity index (χ3v) is 8.96. The van der Waals surface area contributed by atoms with Gasteiger partial charge < -0.3 is 4.74 Å². The lowest BCUT2D eigenvalue weighted by Gasteiger charge is -2.36. The molecule has 0 spiro atoms. The number of rotatable bonds is 5. The van der Waals surface area contributed by atoms with Gasteiger partial charge in [-0.15, -0.1) is 11.3 Å². The first-order valence-electron chi connectivity index (χ1n) is 10.6. The van der Waals surface area contributed by atoms with Crippen LogP contribution in [0.4, 0.5) is 0 Å². The Bertz CT molecular complexity index is 1140. The van der Waals surface area contributed by atoms with Gasteiger partial charge in [-0.3, -0.25) is 4.90 Å². The minimum Gasteiger partial charge on any atom is -0.379 e. The standard InChI is InChI=1S/C24H26N2O3S2/c27-31(28,26-12-14-29-15-13-26)21-8-4-5-19(17-21)18-25-11-9-23-22(10-16-30-23)24(25)20-6-2-1-3-7-20/h1-8,10,16-17,24H,9,11-15,18H2. The second-order valence-electron chi connectivity index (χ2n) is 8.00. The third-order valence-electron chi connectivity index (χ3n) is 6.07. The number of fused-ring (bicyclic) bond motifs is 1. The largest absolute Gasteiger partial charge is 0.379 e. The summed E-state index contributed by atoms with van der Waals surface area (Å²) in [6.07, 6.45) is 1.03. The number of morpholine rings is 1. The molecule has 3 aromatic rings. The highest BCUT2D eigenvalue weighted by molar-refractivity contribution is 7.89. The van der Waals surface area contributed by atoms with Gasteiger partial charge in [-0.05, 0) is 46.7 Å². The van der Waals surface area contributed by atoms with E-state index in [2.05, 4.69) is 40.6 Å². The first-order valence-corrected chi connectivity index (χ1v) is 13.0. The van der Waals surface area contributed by atoms with E-state index in [1.165, 1.54) is 20.3 Å². The molecule has 2 aromatic carbocycles. The average Bonchev–Trinajstić information content (AvgIpc) is 3.29. The first-order chi connectivity index (χ1) is 15.1. The Hall–Kier alpha value is -2.03. The number of nitrogens with zero attached hydrogens (tertiary/aromatic N) is 2. The summed E-state index contributed by atoms with van der Waals surface area (Å²) in [4.78, 5) is 4.29. The van der Waals surface area contributed by atoms with Crippen molar-refractivity contribution in [1.82, 2.24) is 9.21 Å². The molecule has 31 heavy (non-hydrogen) atoms. The van der Waals surface area contributed by atoms with E-state index in [-0.39, 0.29) is 6.04 Å². The van der Waals surface area contributed by atoms with Crippen molar-refractivity contribution >= 4 is 21.4 Å². The molecule has 0 saturated carbocycles. The fourth-order valence-electron chi connectivity index (χ4n) is 4.54. The van der Waals surface area contributed by atoms with Crippen LogP contribution in [0, 0.1) is 0 Å². The van der Waals surface area contributed by atoms with Gasteiger partial charge in [0.2, 0.25) is 10.0 Å². The SMILES string of the molecule is O=S(=O)(c1cccc(CN2CCc3sccc3C2c2ccccc2)c1)N1CCOCC1. The molecule has 0 bridgehead atoms. The van der Waals surface area contributed by atoms with Crippen LogP contribution in [-0.4, -0.2) is 50.5 Å². The lowest BCUT2D eigenvalue weighted by atomic mass is 9.93. The van der Waals surface area contributed by atoms with E-state index < -0.39 is 10.0 Å². The monoisotopic (exact) mass is 454 g/mol. The third kappa shape index (κ3) is 4.21. The summed E-state index contributed by atoms with van der Waals surface area (Å²) < 4.78 is 33.1. The zero-order chi connectivity index (χ0) is 21.3. The van der Waals surface area contributed by atoms with Crippen LogP contribution in [0.15, 0.2) is 70.9 Å². The number of thiophene rings is 1. The molecule has 1 aromatic heterocycles. The summed E-state index contributed by atoms with van der Waals surface area (Å²) in [6, 6.07) is 20.5. The van der Waals surface area contributed by atoms with Gasteiger partial charge in [0, 0.05) is 31.1 Å². The zero-order valence-corrected chi connectivity index (χ0v) is 18.9. The fraction of sp³-hybridized carbons (Fsp3) is 0.333. The molecule has 2 aliphatic heterocycles. The van der Waals surface area contributed by atoms with Crippen LogP contribution in [0.25, 0.3) is 0 Å². The van der Waals surface area contributed by atoms with Crippen LogP contribution in [0.3, 0.4) is 0 Å². The number of hydrogen-bond donors (Lipinski definition) is 0. The van der Waals surface area contributed by atoms with Crippen molar-refractivity contribution in [3.8, 4) is 0 Å². The summed E-state index contributed by atoms with van der Waals surface area (Å²) in [5, 5.41) is 2.18. The molecule has 3 heterocycles. The molecule has 0 amide bonds. The molecule has 1 atom stereocenters. The van der Waals surface area contributed by atoms with E-state index in [1.807, 2.05) is 35.6 Å². The summed E-state index contributed by atoms with van der Waals surface area (Å²) in [7, 11) is -3.49. The molecule has 5 nitrogen and oxygen atoms in total. The highest BCUT2D eigenvalue weighted by Crippen LogP contribution is 2.38. The second kappa shape index (κ2) is 8.84. The van der Waals surface area contributed by atoms with Crippen molar-refractivity contribution in [2.75, 3.05) is 32.8 Å². The summed E-state index contributed by atoms with van der Waals surface area (Å²) >= 11 is 1.83. The zero-order valence-electron chi connectivity index (χ0n) is 17.3. The van der Waals surface area contributed by atoms with E-state index >= 15 is 0 Å². The van der Waals surface area contributed by atoms with Crippen LogP contribution in [0.5, 0.6) is 0 Å². The Kier molecular flexibility index (Phi) is 5.95. The molecular formula is C24H26N2O3S2. The summed E-state index contributed by atoms with van der Waals surface area (Å²) in [5.41, 5.74) is 3.67. The molecule has 0 aliphatic carbocycles. The van der Waals surface area contributed by atoms with Gasteiger partial charge in [0.15, 0.2) is 0 Å². The molecule has 1 unspecified atom stereocenters. The van der Waals surface area contributed by atoms with E-state index in [9.17, 15) is 8.42 Å². The average molecular weight is 455 g/mol. The number of hydrogen-bond acceptors (Lipinski definition) is 5. The molecule has 1 saturated heterocycles. The maximum absolute atomic E-state index is 13.1. The van der Waals surface area contributed by atoms with Gasteiger partial charge in [0.25, 0.3) is 0 Å². The lowest BCUT2D eigenvalue weighted by molar-refractivity contribution is 0.0730. The second-order valence-corrected chi connectivity index (χ2v) is 10.9. The van der Waals surface area contributed by atoms with E-state index in [1.54, 1.807) is 6.07 Å². The highest BCUT2D eigenvalue weighted by atomic mass is 32.2. The topological polar surface area (TPSA) is 49.9 Å². The van der Waals surface area contributed by atoms with E-state index in [4.69, 9.17) is 4.74 Å². The van der Waals surface area contributed by atoms with Crippen LogP contribution in [-0.2, 0) is 27.7 Å². The molecule has 7 heteroatoms. The Morgan fingerprint density at radius 2 is 1.77 bits per heavy atom. The molecule has 162 valence electrons. The Balaban J connectivity index is 1.43.